The lowest BCUT2D eigenvalue weighted by molar-refractivity contribution is -0.144. The lowest BCUT2D eigenvalue weighted by Crippen LogP contribution is -2.40. The number of fused-ring (bicyclic) bond motifs is 1. The van der Waals surface area contributed by atoms with Crippen LogP contribution in [0.15, 0.2) is 42.5 Å². The zero-order valence-electron chi connectivity index (χ0n) is 18.8. The zero-order valence-corrected chi connectivity index (χ0v) is 18.8. The molecule has 1 unspecified atom stereocenters. The Bertz CT molecular complexity index is 1020. The maximum atomic E-state index is 12.8. The van der Waals surface area contributed by atoms with Crippen molar-refractivity contribution in [1.29, 1.82) is 5.41 Å². The molecule has 0 radical (unpaired) electrons. The van der Waals surface area contributed by atoms with E-state index in [9.17, 15) is 9.59 Å². The number of anilines is 1. The number of morpholine rings is 1. The minimum Gasteiger partial charge on any atom is -0.493 e. The molecule has 8 nitrogen and oxygen atoms in total. The number of hydrogen-bond acceptors (Lipinski definition) is 6. The third-order valence-electron chi connectivity index (χ3n) is 5.81. The summed E-state index contributed by atoms with van der Waals surface area (Å²) in [6, 6.07) is 12.6. The summed E-state index contributed by atoms with van der Waals surface area (Å²) in [5, 5.41) is 11.3. The monoisotopic (exact) mass is 451 g/mol. The van der Waals surface area contributed by atoms with E-state index in [2.05, 4.69) is 5.32 Å². The maximum Gasteiger partial charge on any atom is 0.306 e. The van der Waals surface area contributed by atoms with Crippen molar-refractivity contribution in [1.82, 2.24) is 4.90 Å². The van der Waals surface area contributed by atoms with Gasteiger partial charge >= 0.3 is 5.97 Å². The summed E-state index contributed by atoms with van der Waals surface area (Å²) in [4.78, 5) is 26.5. The van der Waals surface area contributed by atoms with Gasteiger partial charge < -0.3 is 24.4 Å². The van der Waals surface area contributed by atoms with E-state index in [-0.39, 0.29) is 17.8 Å². The van der Waals surface area contributed by atoms with Crippen LogP contribution >= 0.6 is 0 Å². The Balaban J connectivity index is 1.37. The van der Waals surface area contributed by atoms with Crippen molar-refractivity contribution in [3.05, 3.63) is 59.2 Å². The van der Waals surface area contributed by atoms with Crippen molar-refractivity contribution in [3.63, 3.8) is 0 Å². The fraction of sp³-hybridized carbons (Fsp3) is 0.400. The number of amides is 1. The van der Waals surface area contributed by atoms with Crippen LogP contribution in [0.1, 0.15) is 34.8 Å². The predicted molar refractivity (Wildman–Crippen MR) is 124 cm³/mol. The molecule has 0 bridgehead atoms. The summed E-state index contributed by atoms with van der Waals surface area (Å²) in [5.41, 5.74) is 2.92. The Morgan fingerprint density at radius 2 is 1.85 bits per heavy atom. The number of benzene rings is 2. The normalized spacial score (nSPS) is 17.5. The van der Waals surface area contributed by atoms with E-state index in [0.29, 0.717) is 69.4 Å². The summed E-state index contributed by atoms with van der Waals surface area (Å²) in [6.45, 7) is 5.28. The van der Waals surface area contributed by atoms with Gasteiger partial charge in [0.2, 0.25) is 0 Å². The first-order valence-electron chi connectivity index (χ1n) is 11.3. The Labute approximate surface area is 193 Å². The van der Waals surface area contributed by atoms with Gasteiger partial charge in [-0.15, -0.1) is 0 Å². The minimum absolute atomic E-state index is 0.0526. The molecule has 4 rings (SSSR count). The van der Waals surface area contributed by atoms with E-state index < -0.39 is 0 Å². The van der Waals surface area contributed by atoms with Crippen LogP contribution in [0.4, 0.5) is 5.69 Å². The summed E-state index contributed by atoms with van der Waals surface area (Å²) in [5.74, 6) is 0.830. The first kappa shape index (κ1) is 22.8. The highest BCUT2D eigenvalue weighted by molar-refractivity contribution is 6.05. The zero-order chi connectivity index (χ0) is 23.2. The molecule has 1 amide bonds. The van der Waals surface area contributed by atoms with Crippen LogP contribution < -0.4 is 10.1 Å². The molecule has 33 heavy (non-hydrogen) atoms. The molecule has 1 fully saturated rings. The van der Waals surface area contributed by atoms with Crippen LogP contribution in [0.2, 0.25) is 0 Å². The molecule has 1 saturated heterocycles. The van der Waals surface area contributed by atoms with Crippen LogP contribution in [0.3, 0.4) is 0 Å². The third-order valence-corrected chi connectivity index (χ3v) is 5.81. The minimum atomic E-state index is -0.223. The first-order chi connectivity index (χ1) is 16.0. The molecule has 2 heterocycles. The second kappa shape index (κ2) is 10.5. The molecule has 2 aromatic carbocycles. The van der Waals surface area contributed by atoms with Crippen LogP contribution in [0.25, 0.3) is 0 Å². The number of nitrogens with one attached hydrogen (secondary N) is 2. The van der Waals surface area contributed by atoms with Gasteiger partial charge in [0.25, 0.3) is 5.91 Å². The lowest BCUT2D eigenvalue weighted by atomic mass is 9.93. The molecule has 0 aromatic heterocycles. The highest BCUT2D eigenvalue weighted by atomic mass is 16.5. The Kier molecular flexibility index (Phi) is 7.24. The molecule has 0 saturated carbocycles. The quantitative estimate of drug-likeness (QED) is 0.398. The lowest BCUT2D eigenvalue weighted by Gasteiger charge is -2.29. The van der Waals surface area contributed by atoms with E-state index in [1.807, 2.05) is 23.1 Å². The SMILES string of the molecule is CCOC(=O)CC1COc2ccc(NC(=O)c3ccc(C(=N)N4CCOCC4)cc3)cc2C1. The second-order valence-electron chi connectivity index (χ2n) is 8.19. The van der Waals surface area contributed by atoms with Crippen molar-refractivity contribution in [2.45, 2.75) is 19.8 Å². The van der Waals surface area contributed by atoms with Gasteiger partial charge in [-0.3, -0.25) is 15.0 Å². The van der Waals surface area contributed by atoms with Gasteiger partial charge in [-0.25, -0.2) is 0 Å². The van der Waals surface area contributed by atoms with Crippen molar-refractivity contribution in [2.24, 2.45) is 5.92 Å². The summed E-state index contributed by atoms with van der Waals surface area (Å²) >= 11 is 0. The highest BCUT2D eigenvalue weighted by Crippen LogP contribution is 2.31. The maximum absolute atomic E-state index is 12.8. The Morgan fingerprint density at radius 1 is 1.12 bits per heavy atom. The fourth-order valence-electron chi connectivity index (χ4n) is 4.07. The van der Waals surface area contributed by atoms with Gasteiger partial charge in [-0.05, 0) is 49.2 Å². The van der Waals surface area contributed by atoms with Gasteiger partial charge in [0.05, 0.1) is 32.8 Å². The Morgan fingerprint density at radius 3 is 2.58 bits per heavy atom. The molecule has 0 aliphatic carbocycles. The molecule has 2 N–H and O–H groups in total. The van der Waals surface area contributed by atoms with E-state index in [1.54, 1.807) is 31.2 Å². The van der Waals surface area contributed by atoms with Crippen LogP contribution in [-0.4, -0.2) is 62.1 Å². The summed E-state index contributed by atoms with van der Waals surface area (Å²) < 4.78 is 16.2. The van der Waals surface area contributed by atoms with E-state index in [1.165, 1.54) is 0 Å². The molecular formula is C25H29N3O5. The van der Waals surface area contributed by atoms with E-state index in [0.717, 1.165) is 16.9 Å². The second-order valence-corrected chi connectivity index (χ2v) is 8.19. The number of rotatable bonds is 6. The van der Waals surface area contributed by atoms with Crippen molar-refractivity contribution < 1.29 is 23.8 Å². The number of amidine groups is 1. The van der Waals surface area contributed by atoms with Crippen LogP contribution in [0.5, 0.6) is 5.75 Å². The van der Waals surface area contributed by atoms with Crippen molar-refractivity contribution in [2.75, 3.05) is 44.8 Å². The molecule has 2 aromatic rings. The average Bonchev–Trinajstić information content (AvgIpc) is 2.84. The summed E-state index contributed by atoms with van der Waals surface area (Å²) in [7, 11) is 0. The molecule has 2 aliphatic heterocycles. The van der Waals surface area contributed by atoms with Crippen LogP contribution in [-0.2, 0) is 20.7 Å². The smallest absolute Gasteiger partial charge is 0.306 e. The molecule has 174 valence electrons. The number of carbonyl (C=O) groups excluding carboxylic acids is 2. The van der Waals surface area contributed by atoms with Crippen molar-refractivity contribution >= 4 is 23.4 Å². The van der Waals surface area contributed by atoms with Gasteiger partial charge in [-0.2, -0.15) is 0 Å². The summed E-state index contributed by atoms with van der Waals surface area (Å²) in [6.07, 6.45) is 1.01. The predicted octanol–water partition coefficient (Wildman–Crippen LogP) is 3.10. The number of carbonyl (C=O) groups is 2. The van der Waals surface area contributed by atoms with E-state index in [4.69, 9.17) is 19.6 Å². The largest absolute Gasteiger partial charge is 0.493 e. The molecule has 2 aliphatic rings. The van der Waals surface area contributed by atoms with Gasteiger partial charge in [-0.1, -0.05) is 12.1 Å². The third kappa shape index (κ3) is 5.70. The molecule has 1 atom stereocenters. The highest BCUT2D eigenvalue weighted by Gasteiger charge is 2.23. The van der Waals surface area contributed by atoms with Crippen molar-refractivity contribution in [3.8, 4) is 5.75 Å². The van der Waals surface area contributed by atoms with Gasteiger partial charge in [0.15, 0.2) is 0 Å². The topological polar surface area (TPSA) is 101 Å². The molecule has 0 spiro atoms. The van der Waals surface area contributed by atoms with E-state index >= 15 is 0 Å². The number of ether oxygens (including phenoxy) is 3. The average molecular weight is 452 g/mol. The fourth-order valence-corrected chi connectivity index (χ4v) is 4.07. The number of hydrogen-bond donors (Lipinski definition) is 2. The molecular weight excluding hydrogens is 422 g/mol. The van der Waals surface area contributed by atoms with Gasteiger partial charge in [0, 0.05) is 35.8 Å². The number of esters is 1. The molecule has 8 heteroatoms. The van der Waals surface area contributed by atoms with Gasteiger partial charge in [0.1, 0.15) is 11.6 Å². The number of nitrogens with zero attached hydrogens (tertiary/aromatic N) is 1. The standard InChI is InChI=1S/C25H29N3O5/c1-2-32-23(29)14-17-13-20-15-21(7-8-22(20)33-16-17)27-25(30)19-5-3-18(4-6-19)24(26)28-9-11-31-12-10-28/h3-8,15,17,26H,2,9-14,16H2,1H3,(H,27,30). The first-order valence-corrected chi connectivity index (χ1v) is 11.3. The van der Waals surface area contributed by atoms with Crippen LogP contribution in [0, 0.1) is 11.3 Å². The Hall–Kier alpha value is -3.39.